The molecule has 6 aromatic heterocycles. The van der Waals surface area contributed by atoms with Crippen LogP contribution in [0, 0.1) is 6.92 Å². The highest BCUT2D eigenvalue weighted by molar-refractivity contribution is 9.10. The van der Waals surface area contributed by atoms with E-state index in [9.17, 15) is 4.79 Å². The van der Waals surface area contributed by atoms with Crippen LogP contribution in [0.15, 0.2) is 53.5 Å². The van der Waals surface area contributed by atoms with Crippen LogP contribution in [0.1, 0.15) is 25.2 Å². The van der Waals surface area contributed by atoms with Crippen molar-refractivity contribution in [3.63, 3.8) is 0 Å². The average molecular weight is 898 g/mol. The number of nitrogens with zero attached hydrogens (tertiary/aromatic N) is 14. The summed E-state index contributed by atoms with van der Waals surface area (Å²) in [5.74, 6) is 2.31. The molecule has 1 amide bonds. The van der Waals surface area contributed by atoms with E-state index in [0.29, 0.717) is 51.9 Å². The SMILES string of the molecule is C=C(Cn1c(CNc2nc(N3C[C@@H](C)N[C@@H](C)C3)nc3c(Br)cnn23)nc2cc(C)ccc21)C(=O)N[C@@H]1CN(c2nc(Nc3cn(C)nc3OC)c3ncn(C)c3n2)C[C@H]1F. The number of benzene rings is 1. The van der Waals surface area contributed by atoms with Crippen LogP contribution in [0.4, 0.5) is 33.7 Å². The van der Waals surface area contributed by atoms with Crippen molar-refractivity contribution < 1.29 is 13.9 Å². The monoisotopic (exact) mass is 896 g/mol. The summed E-state index contributed by atoms with van der Waals surface area (Å²) in [6.07, 6.45) is 3.68. The summed E-state index contributed by atoms with van der Waals surface area (Å²) in [7, 11) is 5.13. The van der Waals surface area contributed by atoms with Crippen molar-refractivity contribution in [2.24, 2.45) is 14.1 Å². The second kappa shape index (κ2) is 15.9. The zero-order chi connectivity index (χ0) is 42.7. The number of alkyl halides is 1. The molecule has 61 heavy (non-hydrogen) atoms. The summed E-state index contributed by atoms with van der Waals surface area (Å²) in [5, 5.41) is 22.0. The summed E-state index contributed by atoms with van der Waals surface area (Å²) in [4.78, 5) is 46.4. The molecule has 8 heterocycles. The van der Waals surface area contributed by atoms with Crippen molar-refractivity contribution in [2.45, 2.75) is 58.2 Å². The molecule has 7 aromatic rings. The van der Waals surface area contributed by atoms with Gasteiger partial charge in [0.25, 0.3) is 5.88 Å². The number of methoxy groups -OCH3 is 1. The first kappa shape index (κ1) is 40.0. The van der Waals surface area contributed by atoms with Gasteiger partial charge in [-0.25, -0.2) is 14.4 Å². The smallest absolute Gasteiger partial charge is 0.256 e. The molecule has 2 aliphatic heterocycles. The number of nitrogens with one attached hydrogen (secondary N) is 4. The fraction of sp³-hybridized carbons (Fsp3) is 0.410. The minimum Gasteiger partial charge on any atom is -0.478 e. The third kappa shape index (κ3) is 7.75. The lowest BCUT2D eigenvalue weighted by atomic mass is 10.1. The molecule has 9 rings (SSSR count). The molecule has 4 N–H and O–H groups in total. The van der Waals surface area contributed by atoms with Crippen LogP contribution in [0.3, 0.4) is 0 Å². The van der Waals surface area contributed by atoms with E-state index >= 15 is 4.39 Å². The highest BCUT2D eigenvalue weighted by Gasteiger charge is 2.36. The van der Waals surface area contributed by atoms with Gasteiger partial charge in [-0.1, -0.05) is 12.6 Å². The number of hydrogen-bond donors (Lipinski definition) is 4. The number of carbonyl (C=O) groups is 1. The lowest BCUT2D eigenvalue weighted by molar-refractivity contribution is -0.118. The van der Waals surface area contributed by atoms with Crippen LogP contribution < -0.4 is 35.8 Å². The first-order valence-electron chi connectivity index (χ1n) is 19.8. The number of anilines is 5. The molecular formula is C39H46BrFN18O2. The van der Waals surface area contributed by atoms with Gasteiger partial charge in [-0.05, 0) is 54.4 Å². The second-order valence-corrected chi connectivity index (χ2v) is 16.6. The van der Waals surface area contributed by atoms with Gasteiger partial charge in [0.15, 0.2) is 22.6 Å². The van der Waals surface area contributed by atoms with Gasteiger partial charge >= 0.3 is 0 Å². The maximum Gasteiger partial charge on any atom is 0.256 e. The number of carbonyl (C=O) groups excluding carboxylic acids is 1. The normalized spacial score (nSPS) is 19.3. The van der Waals surface area contributed by atoms with Crippen molar-refractivity contribution in [1.29, 1.82) is 0 Å². The summed E-state index contributed by atoms with van der Waals surface area (Å²) in [5.41, 5.74) is 5.15. The van der Waals surface area contributed by atoms with Crippen LogP contribution in [0.5, 0.6) is 5.88 Å². The largest absolute Gasteiger partial charge is 0.478 e. The standard InChI is InChI=1S/C39H46BrFN18O2/c1-20-8-9-29-26(10-20)46-30(12-42-37-52-39(50-33-24(40)11-44-59(33)37)56-14-22(3)45-23(4)15-56)58(29)13-21(2)35(60)48-27-18-57(16-25(27)41)38-49-32(31-34(51-38)54(5)19-43-31)47-28-17-55(6)53-36(28)61-7/h8-11,17,19,22-23,25,27,45H,2,12-16,18H2,1,3-7H3,(H,48,60)(H,42,50,52)(H,47,49,51)/t22-,23+,25-,27-/m1/s1. The number of imidazole rings is 2. The zero-order valence-electron chi connectivity index (χ0n) is 34.6. The minimum absolute atomic E-state index is 0.0324. The van der Waals surface area contributed by atoms with Gasteiger partial charge in [-0.3, -0.25) is 9.48 Å². The van der Waals surface area contributed by atoms with Crippen LogP contribution in [-0.2, 0) is 32.0 Å². The molecule has 0 unspecified atom stereocenters. The topological polar surface area (TPSA) is 203 Å². The van der Waals surface area contributed by atoms with E-state index in [2.05, 4.69) is 77.7 Å². The molecule has 0 saturated carbocycles. The quantitative estimate of drug-likeness (QED) is 0.130. The number of piperazine rings is 1. The second-order valence-electron chi connectivity index (χ2n) is 15.8. The predicted molar refractivity (Wildman–Crippen MR) is 232 cm³/mol. The lowest BCUT2D eigenvalue weighted by Crippen LogP contribution is -2.54. The molecule has 0 aliphatic carbocycles. The Morgan fingerprint density at radius 2 is 1.79 bits per heavy atom. The summed E-state index contributed by atoms with van der Waals surface area (Å²) >= 11 is 3.60. The summed E-state index contributed by atoms with van der Waals surface area (Å²) in [6.45, 7) is 12.4. The third-order valence-corrected chi connectivity index (χ3v) is 11.4. The number of halogens is 2. The Bertz CT molecular complexity index is 2800. The van der Waals surface area contributed by atoms with Crippen molar-refractivity contribution >= 4 is 79.0 Å². The number of aryl methyl sites for hydroxylation is 3. The molecule has 20 nitrogen and oxygen atoms in total. The number of aromatic nitrogens is 12. The van der Waals surface area contributed by atoms with Crippen LogP contribution in [0.2, 0.25) is 0 Å². The molecule has 22 heteroatoms. The van der Waals surface area contributed by atoms with Crippen molar-refractivity contribution in [3.05, 3.63) is 64.9 Å². The van der Waals surface area contributed by atoms with E-state index < -0.39 is 18.1 Å². The van der Waals surface area contributed by atoms with Gasteiger partial charge in [-0.2, -0.15) is 29.5 Å². The first-order chi connectivity index (χ1) is 29.3. The molecule has 4 atom stereocenters. The molecule has 0 bridgehead atoms. The van der Waals surface area contributed by atoms with Gasteiger partial charge in [-0.15, -0.1) is 5.10 Å². The van der Waals surface area contributed by atoms with E-state index in [1.807, 2.05) is 36.7 Å². The van der Waals surface area contributed by atoms with E-state index in [4.69, 9.17) is 29.7 Å². The molecule has 2 saturated heterocycles. The van der Waals surface area contributed by atoms with Crippen molar-refractivity contribution in [3.8, 4) is 5.88 Å². The predicted octanol–water partition coefficient (Wildman–Crippen LogP) is 3.41. The van der Waals surface area contributed by atoms with Crippen LogP contribution in [-0.4, -0.2) is 122 Å². The number of hydrogen-bond acceptors (Lipinski definition) is 15. The Labute approximate surface area is 357 Å². The van der Waals surface area contributed by atoms with E-state index in [1.54, 1.807) is 44.4 Å². The number of rotatable bonds is 12. The molecular weight excluding hydrogens is 851 g/mol. The fourth-order valence-electron chi connectivity index (χ4n) is 8.00. The molecule has 0 spiro atoms. The Morgan fingerprint density at radius 3 is 2.57 bits per heavy atom. The Kier molecular flexibility index (Phi) is 10.4. The number of ether oxygens (including phenoxy) is 1. The first-order valence-corrected chi connectivity index (χ1v) is 20.6. The van der Waals surface area contributed by atoms with Gasteiger partial charge in [0.1, 0.15) is 17.7 Å². The maximum atomic E-state index is 15.8. The molecule has 1 aromatic carbocycles. The Morgan fingerprint density at radius 1 is 1.03 bits per heavy atom. The van der Waals surface area contributed by atoms with Crippen molar-refractivity contribution in [1.82, 2.24) is 69.1 Å². The molecule has 0 radical (unpaired) electrons. The van der Waals surface area contributed by atoms with E-state index in [0.717, 1.165) is 34.2 Å². The third-order valence-electron chi connectivity index (χ3n) is 10.8. The molecule has 2 aliphatic rings. The maximum absolute atomic E-state index is 15.8. The van der Waals surface area contributed by atoms with Gasteiger partial charge < -0.3 is 44.9 Å². The van der Waals surface area contributed by atoms with Gasteiger partial charge in [0, 0.05) is 51.4 Å². The Balaban J connectivity index is 0.926. The van der Waals surface area contributed by atoms with Crippen molar-refractivity contribution in [2.75, 3.05) is 53.7 Å². The van der Waals surface area contributed by atoms with Gasteiger partial charge in [0.2, 0.25) is 23.8 Å². The molecule has 2 fully saturated rings. The fourth-order valence-corrected chi connectivity index (χ4v) is 8.35. The Hall–Kier alpha value is -6.42. The number of amides is 1. The average Bonchev–Trinajstić information content (AvgIpc) is 4.05. The van der Waals surface area contributed by atoms with E-state index in [1.165, 1.54) is 7.11 Å². The highest BCUT2D eigenvalue weighted by atomic mass is 79.9. The summed E-state index contributed by atoms with van der Waals surface area (Å²) < 4.78 is 29.0. The van der Waals surface area contributed by atoms with E-state index in [-0.39, 0.29) is 49.8 Å². The number of fused-ring (bicyclic) bond motifs is 3. The molecule has 318 valence electrons. The minimum atomic E-state index is -1.40. The van der Waals surface area contributed by atoms with Crippen LogP contribution >= 0.6 is 15.9 Å². The van der Waals surface area contributed by atoms with Crippen LogP contribution in [0.25, 0.3) is 27.8 Å². The summed E-state index contributed by atoms with van der Waals surface area (Å²) in [6, 6.07) is 5.65. The van der Waals surface area contributed by atoms with Gasteiger partial charge in [0.05, 0.1) is 67.0 Å². The lowest BCUT2D eigenvalue weighted by Gasteiger charge is -2.36. The highest BCUT2D eigenvalue weighted by Crippen LogP contribution is 2.31. The zero-order valence-corrected chi connectivity index (χ0v) is 36.1.